The van der Waals surface area contributed by atoms with E-state index in [0.29, 0.717) is 23.0 Å². The van der Waals surface area contributed by atoms with Gasteiger partial charge in [-0.05, 0) is 32.4 Å². The van der Waals surface area contributed by atoms with Crippen LogP contribution in [0.4, 0.5) is 5.82 Å². The Morgan fingerprint density at radius 2 is 2.10 bits per heavy atom. The summed E-state index contributed by atoms with van der Waals surface area (Å²) in [5, 5.41) is 6.47. The number of hydrogen-bond acceptors (Lipinski definition) is 4. The fourth-order valence-corrected chi connectivity index (χ4v) is 2.14. The molecule has 0 radical (unpaired) electrons. The minimum Gasteiger partial charge on any atom is -0.360 e. The highest BCUT2D eigenvalue weighted by molar-refractivity contribution is 6.03. The Morgan fingerprint density at radius 1 is 1.30 bits per heavy atom. The molecule has 1 amide bonds. The van der Waals surface area contributed by atoms with Gasteiger partial charge in [0.05, 0.1) is 5.69 Å². The van der Waals surface area contributed by atoms with Gasteiger partial charge in [-0.15, -0.1) is 0 Å². The summed E-state index contributed by atoms with van der Waals surface area (Å²) in [5.41, 5.74) is 2.98. The smallest absolute Gasteiger partial charge is 0.275 e. The van der Waals surface area contributed by atoms with Gasteiger partial charge in [0.2, 0.25) is 0 Å². The monoisotopic (exact) mass is 270 g/mol. The van der Waals surface area contributed by atoms with Crippen LogP contribution in [-0.2, 0) is 0 Å². The first-order valence-corrected chi connectivity index (χ1v) is 6.24. The number of hydrogen-bond donors (Lipinski definition) is 1. The fraction of sp³-hybridized carbons (Fsp3) is 0.214. The average Bonchev–Trinajstić information content (AvgIpc) is 2.91. The Labute approximate surface area is 115 Å². The van der Waals surface area contributed by atoms with Crippen molar-refractivity contribution in [3.8, 4) is 0 Å². The van der Waals surface area contributed by atoms with Crippen LogP contribution in [0.25, 0.3) is 5.65 Å². The summed E-state index contributed by atoms with van der Waals surface area (Å²) in [4.78, 5) is 16.8. The Bertz CT molecular complexity index is 801. The largest absolute Gasteiger partial charge is 0.360 e. The molecule has 0 aliphatic heterocycles. The van der Waals surface area contributed by atoms with Crippen molar-refractivity contribution in [2.24, 2.45) is 0 Å². The first kappa shape index (κ1) is 12.4. The van der Waals surface area contributed by atoms with Crippen LogP contribution in [0.15, 0.2) is 28.9 Å². The lowest BCUT2D eigenvalue weighted by Crippen LogP contribution is -2.15. The second-order valence-electron chi connectivity index (χ2n) is 4.76. The number of rotatable bonds is 2. The number of carbonyl (C=O) groups excluding carboxylic acids is 1. The normalized spacial score (nSPS) is 10.9. The molecule has 0 atom stereocenters. The molecule has 0 fully saturated rings. The first-order valence-electron chi connectivity index (χ1n) is 6.24. The predicted molar refractivity (Wildman–Crippen MR) is 73.9 cm³/mol. The maximum atomic E-state index is 12.4. The average molecular weight is 270 g/mol. The highest BCUT2D eigenvalue weighted by Crippen LogP contribution is 2.15. The Kier molecular flexibility index (Phi) is 2.78. The van der Waals surface area contributed by atoms with Crippen molar-refractivity contribution < 1.29 is 9.32 Å². The SMILES string of the molecule is Cc1ccc2nc(C)c(C(=O)Nc3cc(C)on3)n2c1. The van der Waals surface area contributed by atoms with Gasteiger partial charge in [-0.2, -0.15) is 0 Å². The molecule has 0 unspecified atom stereocenters. The van der Waals surface area contributed by atoms with Crippen LogP contribution in [0, 0.1) is 20.8 Å². The lowest BCUT2D eigenvalue weighted by molar-refractivity contribution is 0.102. The first-order chi connectivity index (χ1) is 9.54. The second-order valence-corrected chi connectivity index (χ2v) is 4.76. The molecule has 6 nitrogen and oxygen atoms in total. The molecule has 6 heteroatoms. The molecular formula is C14H14N4O2. The van der Waals surface area contributed by atoms with E-state index in [2.05, 4.69) is 15.5 Å². The topological polar surface area (TPSA) is 72.4 Å². The summed E-state index contributed by atoms with van der Waals surface area (Å²) < 4.78 is 6.72. The van der Waals surface area contributed by atoms with Gasteiger partial charge in [0.25, 0.3) is 5.91 Å². The molecule has 3 aromatic heterocycles. The van der Waals surface area contributed by atoms with E-state index >= 15 is 0 Å². The molecule has 3 rings (SSSR count). The number of aromatic nitrogens is 3. The molecule has 0 spiro atoms. The molecular weight excluding hydrogens is 256 g/mol. The minimum atomic E-state index is -0.256. The van der Waals surface area contributed by atoms with Crippen molar-refractivity contribution >= 4 is 17.4 Å². The summed E-state index contributed by atoms with van der Waals surface area (Å²) in [6.45, 7) is 5.55. The number of fused-ring (bicyclic) bond motifs is 1. The molecule has 0 aliphatic rings. The van der Waals surface area contributed by atoms with E-state index in [1.165, 1.54) is 0 Å². The van der Waals surface area contributed by atoms with E-state index in [-0.39, 0.29) is 5.91 Å². The minimum absolute atomic E-state index is 0.256. The van der Waals surface area contributed by atoms with E-state index in [0.717, 1.165) is 11.2 Å². The van der Waals surface area contributed by atoms with Crippen LogP contribution in [0.5, 0.6) is 0 Å². The Balaban J connectivity index is 2.02. The number of imidazole rings is 1. The molecule has 0 aliphatic carbocycles. The van der Waals surface area contributed by atoms with Crippen LogP contribution in [0.3, 0.4) is 0 Å². The number of nitrogens with zero attached hydrogens (tertiary/aromatic N) is 3. The van der Waals surface area contributed by atoms with Crippen LogP contribution in [0.1, 0.15) is 27.5 Å². The van der Waals surface area contributed by atoms with Gasteiger partial charge in [0.1, 0.15) is 17.1 Å². The highest BCUT2D eigenvalue weighted by atomic mass is 16.5. The maximum Gasteiger partial charge on any atom is 0.275 e. The van der Waals surface area contributed by atoms with Crippen LogP contribution in [0.2, 0.25) is 0 Å². The molecule has 102 valence electrons. The standard InChI is InChI=1S/C14H14N4O2/c1-8-4-5-12-15-10(3)13(18(12)7-8)14(19)16-11-6-9(2)20-17-11/h4-7H,1-3H3,(H,16,17,19). The summed E-state index contributed by atoms with van der Waals surface area (Å²) in [6, 6.07) is 5.52. The van der Waals surface area contributed by atoms with Crippen LogP contribution >= 0.6 is 0 Å². The summed E-state index contributed by atoms with van der Waals surface area (Å²) >= 11 is 0. The Morgan fingerprint density at radius 3 is 2.80 bits per heavy atom. The van der Waals surface area contributed by atoms with Crippen molar-refractivity contribution in [1.82, 2.24) is 14.5 Å². The van der Waals surface area contributed by atoms with E-state index in [1.54, 1.807) is 17.4 Å². The van der Waals surface area contributed by atoms with E-state index < -0.39 is 0 Å². The van der Waals surface area contributed by atoms with Crippen molar-refractivity contribution in [3.63, 3.8) is 0 Å². The van der Waals surface area contributed by atoms with Crippen molar-refractivity contribution in [2.75, 3.05) is 5.32 Å². The zero-order valence-electron chi connectivity index (χ0n) is 11.5. The zero-order valence-corrected chi connectivity index (χ0v) is 11.5. The van der Waals surface area contributed by atoms with Crippen molar-refractivity contribution in [1.29, 1.82) is 0 Å². The summed E-state index contributed by atoms with van der Waals surface area (Å²) in [7, 11) is 0. The Hall–Kier alpha value is -2.63. The van der Waals surface area contributed by atoms with E-state index in [4.69, 9.17) is 4.52 Å². The van der Waals surface area contributed by atoms with Gasteiger partial charge in [-0.25, -0.2) is 4.98 Å². The molecule has 0 bridgehead atoms. The third-order valence-electron chi connectivity index (χ3n) is 3.03. The fourth-order valence-electron chi connectivity index (χ4n) is 2.14. The number of nitrogens with one attached hydrogen (secondary N) is 1. The van der Waals surface area contributed by atoms with Gasteiger partial charge in [-0.1, -0.05) is 11.2 Å². The van der Waals surface area contributed by atoms with Gasteiger partial charge in [0.15, 0.2) is 5.82 Å². The lowest BCUT2D eigenvalue weighted by atomic mass is 10.3. The molecule has 0 aromatic carbocycles. The number of aryl methyl sites for hydroxylation is 3. The van der Waals surface area contributed by atoms with Gasteiger partial charge >= 0.3 is 0 Å². The van der Waals surface area contributed by atoms with Gasteiger partial charge in [-0.3, -0.25) is 9.20 Å². The zero-order chi connectivity index (χ0) is 14.3. The summed E-state index contributed by atoms with van der Waals surface area (Å²) in [5.74, 6) is 0.786. The maximum absolute atomic E-state index is 12.4. The third kappa shape index (κ3) is 2.05. The molecule has 0 saturated heterocycles. The molecule has 1 N–H and O–H groups in total. The third-order valence-corrected chi connectivity index (χ3v) is 3.03. The van der Waals surface area contributed by atoms with Gasteiger partial charge < -0.3 is 9.84 Å². The molecule has 20 heavy (non-hydrogen) atoms. The quantitative estimate of drug-likeness (QED) is 0.776. The van der Waals surface area contributed by atoms with E-state index in [9.17, 15) is 4.79 Å². The molecule has 3 heterocycles. The number of carbonyl (C=O) groups is 1. The van der Waals surface area contributed by atoms with Crippen LogP contribution in [-0.4, -0.2) is 20.4 Å². The highest BCUT2D eigenvalue weighted by Gasteiger charge is 2.17. The van der Waals surface area contributed by atoms with Crippen molar-refractivity contribution in [2.45, 2.75) is 20.8 Å². The van der Waals surface area contributed by atoms with Crippen LogP contribution < -0.4 is 5.32 Å². The van der Waals surface area contributed by atoms with Gasteiger partial charge in [0, 0.05) is 12.3 Å². The molecule has 3 aromatic rings. The predicted octanol–water partition coefficient (Wildman–Crippen LogP) is 2.50. The number of pyridine rings is 1. The lowest BCUT2D eigenvalue weighted by Gasteiger charge is -2.03. The second kappa shape index (κ2) is 4.48. The molecule has 0 saturated carbocycles. The number of anilines is 1. The van der Waals surface area contributed by atoms with E-state index in [1.807, 2.05) is 32.2 Å². The number of amides is 1. The van der Waals surface area contributed by atoms with Crippen molar-refractivity contribution in [3.05, 3.63) is 47.1 Å². The summed E-state index contributed by atoms with van der Waals surface area (Å²) in [6.07, 6.45) is 1.89.